The molecule has 1 aromatic rings. The van der Waals surface area contributed by atoms with Crippen LogP contribution in [0.3, 0.4) is 0 Å². The van der Waals surface area contributed by atoms with Crippen LogP contribution in [0, 0.1) is 0 Å². The molecule has 0 saturated heterocycles. The number of nitrogens with two attached hydrogens (primary N) is 1. The Bertz CT molecular complexity index is 473. The van der Waals surface area contributed by atoms with Crippen molar-refractivity contribution in [3.05, 3.63) is 28.2 Å². The first-order valence-corrected chi connectivity index (χ1v) is 5.38. The van der Waals surface area contributed by atoms with Gasteiger partial charge in [0.05, 0.1) is 7.11 Å². The molecule has 84 valence electrons. The first-order chi connectivity index (χ1) is 7.61. The second-order valence-electron chi connectivity index (χ2n) is 3.29. The Morgan fingerprint density at radius 2 is 2.31 bits per heavy atom. The quantitative estimate of drug-likeness (QED) is 0.848. The van der Waals surface area contributed by atoms with Crippen molar-refractivity contribution in [2.24, 2.45) is 10.7 Å². The lowest BCUT2D eigenvalue weighted by atomic mass is 10.1. The number of rotatable bonds is 2. The van der Waals surface area contributed by atoms with Gasteiger partial charge in [0, 0.05) is 10.0 Å². The second kappa shape index (κ2) is 4.13. The Morgan fingerprint density at radius 3 is 2.88 bits per heavy atom. The van der Waals surface area contributed by atoms with Crippen LogP contribution in [0.1, 0.15) is 11.6 Å². The topological polar surface area (TPSA) is 76.7 Å². The van der Waals surface area contributed by atoms with Gasteiger partial charge in [0.15, 0.2) is 12.0 Å². The number of amides is 1. The van der Waals surface area contributed by atoms with E-state index in [2.05, 4.69) is 26.2 Å². The fraction of sp³-hybridized carbons (Fsp3) is 0.200. The molecular formula is C10H10BrN3O2. The number of aliphatic imine (C=N–C) groups is 1. The zero-order valence-electron chi connectivity index (χ0n) is 8.53. The fourth-order valence-electron chi connectivity index (χ4n) is 1.49. The zero-order valence-corrected chi connectivity index (χ0v) is 10.1. The fourth-order valence-corrected chi connectivity index (χ4v) is 1.96. The van der Waals surface area contributed by atoms with Gasteiger partial charge in [-0.05, 0) is 18.2 Å². The van der Waals surface area contributed by atoms with E-state index in [4.69, 9.17) is 10.5 Å². The van der Waals surface area contributed by atoms with Gasteiger partial charge in [-0.1, -0.05) is 15.9 Å². The summed E-state index contributed by atoms with van der Waals surface area (Å²) in [6.07, 6.45) is 0. The smallest absolute Gasteiger partial charge is 0.256 e. The van der Waals surface area contributed by atoms with Crippen molar-refractivity contribution in [1.29, 1.82) is 0 Å². The Morgan fingerprint density at radius 1 is 1.56 bits per heavy atom. The highest BCUT2D eigenvalue weighted by Crippen LogP contribution is 2.31. The number of carbonyl (C=O) groups excluding carboxylic acids is 1. The van der Waals surface area contributed by atoms with Gasteiger partial charge in [0.2, 0.25) is 0 Å². The van der Waals surface area contributed by atoms with E-state index in [1.807, 2.05) is 6.07 Å². The highest BCUT2D eigenvalue weighted by molar-refractivity contribution is 9.10. The van der Waals surface area contributed by atoms with Gasteiger partial charge in [-0.2, -0.15) is 0 Å². The Labute approximate surface area is 101 Å². The lowest BCUT2D eigenvalue weighted by Gasteiger charge is -2.09. The molecule has 3 N–H and O–H groups in total. The summed E-state index contributed by atoms with van der Waals surface area (Å²) in [5.74, 6) is 0.586. The van der Waals surface area contributed by atoms with Crippen LogP contribution >= 0.6 is 15.9 Å². The molecule has 0 bridgehead atoms. The number of guanidine groups is 1. The van der Waals surface area contributed by atoms with E-state index in [9.17, 15) is 4.79 Å². The van der Waals surface area contributed by atoms with Gasteiger partial charge >= 0.3 is 0 Å². The minimum Gasteiger partial charge on any atom is -0.497 e. The molecule has 6 heteroatoms. The molecule has 2 rings (SSSR count). The van der Waals surface area contributed by atoms with E-state index in [0.717, 1.165) is 10.0 Å². The number of benzene rings is 1. The van der Waals surface area contributed by atoms with Crippen LogP contribution in [0.4, 0.5) is 0 Å². The number of nitrogens with one attached hydrogen (secondary N) is 1. The van der Waals surface area contributed by atoms with E-state index in [1.165, 1.54) is 0 Å². The largest absolute Gasteiger partial charge is 0.497 e. The predicted molar refractivity (Wildman–Crippen MR) is 63.2 cm³/mol. The first kappa shape index (κ1) is 10.9. The molecule has 0 fully saturated rings. The van der Waals surface area contributed by atoms with Crippen molar-refractivity contribution in [1.82, 2.24) is 5.32 Å². The molecule has 5 nitrogen and oxygen atoms in total. The summed E-state index contributed by atoms with van der Waals surface area (Å²) in [5.41, 5.74) is 6.18. The van der Waals surface area contributed by atoms with Gasteiger partial charge in [0.25, 0.3) is 5.91 Å². The number of nitrogens with zero attached hydrogens (tertiary/aromatic N) is 1. The maximum Gasteiger partial charge on any atom is 0.256 e. The summed E-state index contributed by atoms with van der Waals surface area (Å²) < 4.78 is 5.90. The third-order valence-electron chi connectivity index (χ3n) is 2.27. The minimum atomic E-state index is -0.607. The molecule has 0 spiro atoms. The van der Waals surface area contributed by atoms with E-state index in [-0.39, 0.29) is 11.9 Å². The van der Waals surface area contributed by atoms with Gasteiger partial charge in [0.1, 0.15) is 5.75 Å². The van der Waals surface area contributed by atoms with Gasteiger partial charge in [-0.3, -0.25) is 10.1 Å². The number of hydrogen-bond donors (Lipinski definition) is 2. The number of carbonyl (C=O) groups is 1. The number of halogens is 1. The molecule has 1 heterocycles. The van der Waals surface area contributed by atoms with Crippen LogP contribution in [0.15, 0.2) is 27.7 Å². The van der Waals surface area contributed by atoms with Gasteiger partial charge < -0.3 is 10.5 Å². The number of methoxy groups -OCH3 is 1. The second-order valence-corrected chi connectivity index (χ2v) is 4.15. The van der Waals surface area contributed by atoms with E-state index in [1.54, 1.807) is 19.2 Å². The lowest BCUT2D eigenvalue weighted by molar-refractivity contribution is -0.120. The molecule has 1 unspecified atom stereocenters. The minimum absolute atomic E-state index is 0.143. The monoisotopic (exact) mass is 283 g/mol. The maximum atomic E-state index is 11.6. The Balaban J connectivity index is 2.43. The van der Waals surface area contributed by atoms with Gasteiger partial charge in [-0.25, -0.2) is 4.99 Å². The van der Waals surface area contributed by atoms with Crippen molar-refractivity contribution in [3.63, 3.8) is 0 Å². The molecule has 0 saturated carbocycles. The molecule has 0 radical (unpaired) electrons. The highest BCUT2D eigenvalue weighted by atomic mass is 79.9. The summed E-state index contributed by atoms with van der Waals surface area (Å²) in [6, 6.07) is 4.76. The summed E-state index contributed by atoms with van der Waals surface area (Å²) in [6.45, 7) is 0. The SMILES string of the molecule is COc1ccc(Br)c(C2N=C(N)NC2=O)c1. The van der Waals surface area contributed by atoms with E-state index in [0.29, 0.717) is 5.75 Å². The molecule has 1 amide bonds. The highest BCUT2D eigenvalue weighted by Gasteiger charge is 2.28. The third kappa shape index (κ3) is 1.88. The molecule has 1 aromatic carbocycles. The standard InChI is InChI=1S/C10H10BrN3O2/c1-16-5-2-3-7(11)6(4-5)8-9(15)14-10(12)13-8/h2-4,8H,1H3,(H3,12,13,14,15). The van der Waals surface area contributed by atoms with Crippen LogP contribution in [-0.4, -0.2) is 19.0 Å². The Hall–Kier alpha value is -1.56. The van der Waals surface area contributed by atoms with Crippen molar-refractivity contribution in [2.75, 3.05) is 7.11 Å². The van der Waals surface area contributed by atoms with Crippen molar-refractivity contribution in [2.45, 2.75) is 6.04 Å². The van der Waals surface area contributed by atoms with E-state index < -0.39 is 6.04 Å². The molecular weight excluding hydrogens is 274 g/mol. The molecule has 16 heavy (non-hydrogen) atoms. The van der Waals surface area contributed by atoms with Crippen LogP contribution in [0.25, 0.3) is 0 Å². The van der Waals surface area contributed by atoms with Crippen molar-refractivity contribution in [3.8, 4) is 5.75 Å². The van der Waals surface area contributed by atoms with Crippen LogP contribution in [-0.2, 0) is 4.79 Å². The average Bonchev–Trinajstić information content (AvgIpc) is 2.58. The molecule has 1 atom stereocenters. The summed E-state index contributed by atoms with van der Waals surface area (Å²) in [5, 5.41) is 2.46. The average molecular weight is 284 g/mol. The third-order valence-corrected chi connectivity index (χ3v) is 2.99. The van der Waals surface area contributed by atoms with Crippen LogP contribution in [0.5, 0.6) is 5.75 Å². The summed E-state index contributed by atoms with van der Waals surface area (Å²) >= 11 is 3.37. The molecule has 1 aliphatic heterocycles. The summed E-state index contributed by atoms with van der Waals surface area (Å²) in [7, 11) is 1.57. The predicted octanol–water partition coefficient (Wildman–Crippen LogP) is 0.943. The first-order valence-electron chi connectivity index (χ1n) is 4.59. The van der Waals surface area contributed by atoms with Crippen LogP contribution < -0.4 is 15.8 Å². The summed E-state index contributed by atoms with van der Waals surface area (Å²) in [4.78, 5) is 15.6. The van der Waals surface area contributed by atoms with Gasteiger partial charge in [-0.15, -0.1) is 0 Å². The molecule has 1 aliphatic rings. The molecule has 0 aromatic heterocycles. The van der Waals surface area contributed by atoms with E-state index >= 15 is 0 Å². The molecule has 0 aliphatic carbocycles. The zero-order chi connectivity index (χ0) is 11.7. The van der Waals surface area contributed by atoms with Crippen molar-refractivity contribution >= 4 is 27.8 Å². The maximum absolute atomic E-state index is 11.6. The van der Waals surface area contributed by atoms with Crippen LogP contribution in [0.2, 0.25) is 0 Å². The number of hydrogen-bond acceptors (Lipinski definition) is 4. The van der Waals surface area contributed by atoms with Crippen molar-refractivity contribution < 1.29 is 9.53 Å². The lowest BCUT2D eigenvalue weighted by Crippen LogP contribution is -2.31. The normalized spacial score (nSPS) is 19.2. The Kier molecular flexibility index (Phi) is 2.82. The number of ether oxygens (including phenoxy) is 1.